The number of nitrogens with zero attached hydrogens (tertiary/aromatic N) is 3. The topological polar surface area (TPSA) is 66.8 Å². The lowest BCUT2D eigenvalue weighted by atomic mass is 9.95. The van der Waals surface area contributed by atoms with E-state index in [9.17, 15) is 4.79 Å². The molecule has 0 spiro atoms. The van der Waals surface area contributed by atoms with Gasteiger partial charge in [-0.1, -0.05) is 34.1 Å². The Hall–Kier alpha value is -2.25. The summed E-state index contributed by atoms with van der Waals surface area (Å²) in [6.07, 6.45) is 1.76. The molecule has 1 atom stereocenters. The van der Waals surface area contributed by atoms with Crippen molar-refractivity contribution >= 4 is 39.1 Å². The van der Waals surface area contributed by atoms with Crippen LogP contribution in [0.15, 0.2) is 52.1 Å². The number of methoxy groups -OCH3 is 1. The minimum Gasteiger partial charge on any atom is -0.468 e. The van der Waals surface area contributed by atoms with Gasteiger partial charge in [-0.15, -0.1) is 0 Å². The molecule has 1 aromatic carbocycles. The Balaban J connectivity index is 1.92. The van der Waals surface area contributed by atoms with Gasteiger partial charge in [0, 0.05) is 48.6 Å². The molecule has 0 bridgehead atoms. The first-order valence-electron chi connectivity index (χ1n) is 8.89. The quantitative estimate of drug-likeness (QED) is 0.582. The summed E-state index contributed by atoms with van der Waals surface area (Å²) in [5, 5.41) is 3.34. The summed E-state index contributed by atoms with van der Waals surface area (Å²) >= 11 is 3.53. The number of hydrogen-bond acceptors (Lipinski definition) is 6. The number of nitrogens with one attached hydrogen (secondary N) is 1. The van der Waals surface area contributed by atoms with Crippen molar-refractivity contribution in [1.29, 1.82) is 0 Å². The predicted octanol–water partition coefficient (Wildman–Crippen LogP) is 3.30. The lowest BCUT2D eigenvalue weighted by molar-refractivity contribution is -0.140. The van der Waals surface area contributed by atoms with E-state index < -0.39 is 5.92 Å². The molecule has 0 amide bonds. The zero-order valence-corrected chi connectivity index (χ0v) is 17.1. The number of piperazine rings is 1. The van der Waals surface area contributed by atoms with Gasteiger partial charge >= 0.3 is 5.97 Å². The van der Waals surface area contributed by atoms with E-state index in [0.717, 1.165) is 47.7 Å². The number of anilines is 1. The molecule has 1 aromatic heterocycles. The number of ether oxygens (including phenoxy) is 1. The van der Waals surface area contributed by atoms with Crippen molar-refractivity contribution < 1.29 is 9.53 Å². The van der Waals surface area contributed by atoms with Crippen molar-refractivity contribution in [2.75, 3.05) is 38.2 Å². The van der Waals surface area contributed by atoms with E-state index in [1.165, 1.54) is 7.11 Å². The second-order valence-corrected chi connectivity index (χ2v) is 7.19. The second-order valence-electron chi connectivity index (χ2n) is 6.34. The van der Waals surface area contributed by atoms with E-state index in [2.05, 4.69) is 31.1 Å². The van der Waals surface area contributed by atoms with Crippen molar-refractivity contribution in [3.63, 3.8) is 0 Å². The van der Waals surface area contributed by atoms with Crippen LogP contribution in [0, 0.1) is 0 Å². The molecule has 1 unspecified atom stereocenters. The van der Waals surface area contributed by atoms with Crippen LogP contribution in [0.3, 0.4) is 0 Å². The molecule has 1 aliphatic heterocycles. The largest absolute Gasteiger partial charge is 0.468 e. The van der Waals surface area contributed by atoms with Gasteiger partial charge in [0.1, 0.15) is 11.7 Å². The summed E-state index contributed by atoms with van der Waals surface area (Å²) in [5.41, 5.74) is 2.28. The Morgan fingerprint density at radius 2 is 2.04 bits per heavy atom. The van der Waals surface area contributed by atoms with Crippen molar-refractivity contribution in [1.82, 2.24) is 10.3 Å². The molecule has 7 heteroatoms. The smallest absolute Gasteiger partial charge is 0.318 e. The lowest BCUT2D eigenvalue weighted by Crippen LogP contribution is -2.43. The van der Waals surface area contributed by atoms with Crippen LogP contribution in [0.1, 0.15) is 18.4 Å². The van der Waals surface area contributed by atoms with Crippen LogP contribution in [-0.2, 0) is 9.53 Å². The fourth-order valence-corrected chi connectivity index (χ4v) is 3.68. The maximum atomic E-state index is 12.5. The Labute approximate surface area is 167 Å². The number of carbonyl (C=O) groups is 1. The SMILES string of the molecule is COC(=O)C(C(C)=Nc1ccnc(N2CCNCC2)c1)c1ccccc1Br. The van der Waals surface area contributed by atoms with Crippen LogP contribution < -0.4 is 10.2 Å². The highest BCUT2D eigenvalue weighted by Crippen LogP contribution is 2.29. The van der Waals surface area contributed by atoms with Gasteiger partial charge in [0.25, 0.3) is 0 Å². The molecule has 0 aliphatic carbocycles. The highest BCUT2D eigenvalue weighted by molar-refractivity contribution is 9.10. The number of hydrogen-bond donors (Lipinski definition) is 1. The van der Waals surface area contributed by atoms with E-state index in [-0.39, 0.29) is 5.97 Å². The Bertz CT molecular complexity index is 834. The third kappa shape index (κ3) is 4.73. The van der Waals surface area contributed by atoms with Crippen LogP contribution in [0.2, 0.25) is 0 Å². The number of pyridine rings is 1. The van der Waals surface area contributed by atoms with Crippen LogP contribution in [-0.4, -0.2) is 50.0 Å². The summed E-state index contributed by atoms with van der Waals surface area (Å²) in [6.45, 7) is 5.58. The second kappa shape index (κ2) is 9.10. The van der Waals surface area contributed by atoms with Gasteiger partial charge in [0.05, 0.1) is 12.8 Å². The molecule has 1 fully saturated rings. The first kappa shape index (κ1) is 19.5. The molecule has 27 heavy (non-hydrogen) atoms. The highest BCUT2D eigenvalue weighted by Gasteiger charge is 2.26. The summed E-state index contributed by atoms with van der Waals surface area (Å²) in [4.78, 5) is 23.9. The number of benzene rings is 1. The number of aliphatic imine (C=N–C) groups is 1. The fraction of sp³-hybridized carbons (Fsp3) is 0.350. The third-order valence-corrected chi connectivity index (χ3v) is 5.27. The van der Waals surface area contributed by atoms with E-state index in [0.29, 0.717) is 5.71 Å². The van der Waals surface area contributed by atoms with E-state index >= 15 is 0 Å². The standard InChI is InChI=1S/C20H23BrN4O2/c1-14(19(20(26)27-2)16-5-3-4-6-17(16)21)24-15-7-8-23-18(13-15)25-11-9-22-10-12-25/h3-8,13,19,22H,9-12H2,1-2H3. The average Bonchev–Trinajstić information content (AvgIpc) is 2.70. The number of esters is 1. The number of aromatic nitrogens is 1. The molecule has 3 rings (SSSR count). The molecule has 142 valence electrons. The molecule has 2 heterocycles. The average molecular weight is 431 g/mol. The van der Waals surface area contributed by atoms with Gasteiger partial charge in [-0.3, -0.25) is 9.79 Å². The minimum atomic E-state index is -0.568. The summed E-state index contributed by atoms with van der Waals surface area (Å²) in [5.74, 6) is 0.00183. The first-order valence-corrected chi connectivity index (χ1v) is 9.68. The van der Waals surface area contributed by atoms with Gasteiger partial charge < -0.3 is 15.0 Å². The summed E-state index contributed by atoms with van der Waals surface area (Å²) in [7, 11) is 1.40. The third-order valence-electron chi connectivity index (χ3n) is 4.55. The lowest BCUT2D eigenvalue weighted by Gasteiger charge is -2.28. The van der Waals surface area contributed by atoms with E-state index in [1.807, 2.05) is 43.3 Å². The van der Waals surface area contributed by atoms with Gasteiger partial charge in [0.15, 0.2) is 0 Å². The zero-order chi connectivity index (χ0) is 19.2. The van der Waals surface area contributed by atoms with Crippen LogP contribution in [0.25, 0.3) is 0 Å². The van der Waals surface area contributed by atoms with E-state index in [4.69, 9.17) is 9.73 Å². The van der Waals surface area contributed by atoms with Gasteiger partial charge in [-0.2, -0.15) is 0 Å². The van der Waals surface area contributed by atoms with Crippen molar-refractivity contribution in [2.45, 2.75) is 12.8 Å². The predicted molar refractivity (Wildman–Crippen MR) is 111 cm³/mol. The van der Waals surface area contributed by atoms with E-state index in [1.54, 1.807) is 6.20 Å². The molecular weight excluding hydrogens is 408 g/mol. The molecule has 6 nitrogen and oxygen atoms in total. The normalized spacial score (nSPS) is 16.1. The maximum Gasteiger partial charge on any atom is 0.318 e. The number of halogens is 1. The zero-order valence-electron chi connectivity index (χ0n) is 15.5. The van der Waals surface area contributed by atoms with Gasteiger partial charge in [-0.05, 0) is 24.6 Å². The van der Waals surface area contributed by atoms with Crippen LogP contribution >= 0.6 is 15.9 Å². The summed E-state index contributed by atoms with van der Waals surface area (Å²) in [6, 6.07) is 11.4. The number of carbonyl (C=O) groups excluding carboxylic acids is 1. The molecular formula is C20H23BrN4O2. The molecule has 0 radical (unpaired) electrons. The van der Waals surface area contributed by atoms with Crippen LogP contribution in [0.5, 0.6) is 0 Å². The van der Waals surface area contributed by atoms with Crippen LogP contribution in [0.4, 0.5) is 11.5 Å². The fourth-order valence-electron chi connectivity index (χ4n) is 3.16. The first-order chi connectivity index (χ1) is 13.1. The molecule has 1 N–H and O–H groups in total. The van der Waals surface area contributed by atoms with Crippen molar-refractivity contribution in [3.05, 3.63) is 52.6 Å². The highest BCUT2D eigenvalue weighted by atomic mass is 79.9. The monoisotopic (exact) mass is 430 g/mol. The van der Waals surface area contributed by atoms with Gasteiger partial charge in [0.2, 0.25) is 0 Å². The minimum absolute atomic E-state index is 0.334. The van der Waals surface area contributed by atoms with Crippen molar-refractivity contribution in [3.8, 4) is 0 Å². The Morgan fingerprint density at radius 1 is 1.30 bits per heavy atom. The Kier molecular flexibility index (Phi) is 6.58. The molecule has 2 aromatic rings. The Morgan fingerprint density at radius 3 is 2.74 bits per heavy atom. The van der Waals surface area contributed by atoms with Gasteiger partial charge in [-0.25, -0.2) is 4.98 Å². The number of rotatable bonds is 5. The molecule has 1 saturated heterocycles. The van der Waals surface area contributed by atoms with Crippen molar-refractivity contribution in [2.24, 2.45) is 4.99 Å². The molecule has 1 aliphatic rings. The summed E-state index contributed by atoms with van der Waals surface area (Å²) < 4.78 is 5.88. The maximum absolute atomic E-state index is 12.5. The molecule has 0 saturated carbocycles.